The summed E-state index contributed by atoms with van der Waals surface area (Å²) in [5, 5.41) is 0. The minimum atomic E-state index is -0.214. The highest BCUT2D eigenvalue weighted by Crippen LogP contribution is 2.18. The fourth-order valence-electron chi connectivity index (χ4n) is 2.25. The number of carbonyl (C=O) groups is 1. The third-order valence-corrected chi connectivity index (χ3v) is 3.08. The van der Waals surface area contributed by atoms with Crippen LogP contribution in [-0.4, -0.2) is 37.6 Å². The van der Waals surface area contributed by atoms with Crippen molar-refractivity contribution in [1.82, 2.24) is 4.90 Å². The van der Waals surface area contributed by atoms with Crippen LogP contribution in [0.2, 0.25) is 0 Å². The summed E-state index contributed by atoms with van der Waals surface area (Å²) in [6.07, 6.45) is 0.926. The van der Waals surface area contributed by atoms with Gasteiger partial charge < -0.3 is 14.1 Å². The second kappa shape index (κ2) is 5.35. The molecule has 1 atom stereocenters. The Kier molecular flexibility index (Phi) is 3.81. The van der Waals surface area contributed by atoms with Crippen molar-refractivity contribution in [3.63, 3.8) is 0 Å². The van der Waals surface area contributed by atoms with E-state index in [2.05, 4.69) is 0 Å². The predicted octanol–water partition coefficient (Wildman–Crippen LogP) is 1.06. The zero-order valence-electron chi connectivity index (χ0n) is 10.6. The zero-order valence-corrected chi connectivity index (χ0v) is 10.6. The number of hydrogen-bond acceptors (Lipinski definition) is 4. The first-order chi connectivity index (χ1) is 8.60. The van der Waals surface area contributed by atoms with Crippen LogP contribution in [0.4, 0.5) is 0 Å². The van der Waals surface area contributed by atoms with E-state index in [1.807, 2.05) is 0 Å². The van der Waals surface area contributed by atoms with Crippen LogP contribution in [0.5, 0.6) is 0 Å². The molecule has 1 aliphatic heterocycles. The molecule has 0 bridgehead atoms. The third kappa shape index (κ3) is 2.79. The number of likely N-dealkylation sites (tertiary alicyclic amines) is 1. The molecule has 2 rings (SSSR count). The molecule has 1 aromatic rings. The molecule has 18 heavy (non-hydrogen) atoms. The summed E-state index contributed by atoms with van der Waals surface area (Å²) in [4.78, 5) is 25.2. The van der Waals surface area contributed by atoms with Gasteiger partial charge in [-0.05, 0) is 13.3 Å². The topological polar surface area (TPSA) is 59.8 Å². The lowest BCUT2D eigenvalue weighted by molar-refractivity contribution is 0.0739. The second-order valence-electron chi connectivity index (χ2n) is 4.63. The Balaban J connectivity index is 2.10. The van der Waals surface area contributed by atoms with Gasteiger partial charge in [-0.2, -0.15) is 0 Å². The van der Waals surface area contributed by atoms with Gasteiger partial charge in [0.25, 0.3) is 5.91 Å². The van der Waals surface area contributed by atoms with E-state index in [0.29, 0.717) is 31.4 Å². The number of amides is 1. The smallest absolute Gasteiger partial charge is 0.289 e. The second-order valence-corrected chi connectivity index (χ2v) is 4.63. The molecule has 1 aliphatic rings. The summed E-state index contributed by atoms with van der Waals surface area (Å²) < 4.78 is 10.4. The molecule has 0 unspecified atom stereocenters. The van der Waals surface area contributed by atoms with Crippen molar-refractivity contribution in [3.05, 3.63) is 33.9 Å². The summed E-state index contributed by atoms with van der Waals surface area (Å²) in [5.41, 5.74) is -0.199. The van der Waals surface area contributed by atoms with Crippen molar-refractivity contribution in [1.29, 1.82) is 0 Å². The van der Waals surface area contributed by atoms with E-state index in [1.165, 1.54) is 12.1 Å². The Hall–Kier alpha value is -1.62. The van der Waals surface area contributed by atoms with Crippen molar-refractivity contribution in [3.8, 4) is 0 Å². The van der Waals surface area contributed by atoms with Gasteiger partial charge in [-0.1, -0.05) is 0 Å². The van der Waals surface area contributed by atoms with Crippen LogP contribution in [0.1, 0.15) is 22.7 Å². The molecule has 1 fully saturated rings. The fraction of sp³-hybridized carbons (Fsp3) is 0.538. The van der Waals surface area contributed by atoms with Gasteiger partial charge in [-0.3, -0.25) is 9.59 Å². The highest BCUT2D eigenvalue weighted by molar-refractivity contribution is 5.91. The predicted molar refractivity (Wildman–Crippen MR) is 65.6 cm³/mol. The Morgan fingerprint density at radius 2 is 2.33 bits per heavy atom. The maximum atomic E-state index is 12.2. The number of hydrogen-bond donors (Lipinski definition) is 0. The molecule has 0 saturated carbocycles. The van der Waals surface area contributed by atoms with Crippen molar-refractivity contribution < 1.29 is 13.9 Å². The molecule has 0 N–H and O–H groups in total. The van der Waals surface area contributed by atoms with Gasteiger partial charge in [-0.15, -0.1) is 0 Å². The average molecular weight is 251 g/mol. The van der Waals surface area contributed by atoms with E-state index in [1.54, 1.807) is 18.9 Å². The van der Waals surface area contributed by atoms with E-state index in [-0.39, 0.29) is 17.1 Å². The lowest BCUT2D eigenvalue weighted by Crippen LogP contribution is -2.30. The van der Waals surface area contributed by atoms with Crippen LogP contribution in [-0.2, 0) is 4.74 Å². The van der Waals surface area contributed by atoms with Gasteiger partial charge in [0.1, 0.15) is 5.76 Å². The van der Waals surface area contributed by atoms with Crippen molar-refractivity contribution in [2.75, 3.05) is 26.8 Å². The molecular weight excluding hydrogens is 234 g/mol. The quantitative estimate of drug-likeness (QED) is 0.806. The molecule has 1 aromatic heterocycles. The van der Waals surface area contributed by atoms with Crippen LogP contribution in [0.25, 0.3) is 0 Å². The van der Waals surface area contributed by atoms with Gasteiger partial charge in [0.2, 0.25) is 0 Å². The Bertz CT molecular complexity index is 494. The molecule has 1 saturated heterocycles. The van der Waals surface area contributed by atoms with Crippen molar-refractivity contribution in [2.24, 2.45) is 5.92 Å². The number of methoxy groups -OCH3 is 1. The van der Waals surface area contributed by atoms with Gasteiger partial charge in [0.15, 0.2) is 11.2 Å². The number of carbonyl (C=O) groups excluding carboxylic acids is 1. The summed E-state index contributed by atoms with van der Waals surface area (Å²) in [6.45, 7) is 3.66. The van der Waals surface area contributed by atoms with Crippen LogP contribution in [0, 0.1) is 12.8 Å². The molecule has 98 valence electrons. The van der Waals surface area contributed by atoms with E-state index >= 15 is 0 Å². The van der Waals surface area contributed by atoms with Crippen LogP contribution < -0.4 is 5.43 Å². The van der Waals surface area contributed by atoms with Crippen LogP contribution >= 0.6 is 0 Å². The highest BCUT2D eigenvalue weighted by atomic mass is 16.5. The molecule has 2 heterocycles. The Labute approximate surface area is 105 Å². The molecule has 1 amide bonds. The molecule has 0 radical (unpaired) electrons. The largest absolute Gasteiger partial charge is 0.456 e. The number of rotatable bonds is 3. The molecule has 5 heteroatoms. The maximum absolute atomic E-state index is 12.2. The molecule has 0 spiro atoms. The lowest BCUT2D eigenvalue weighted by Gasteiger charge is -2.15. The van der Waals surface area contributed by atoms with Gasteiger partial charge >= 0.3 is 0 Å². The normalized spacial score (nSPS) is 19.2. The number of aryl methyl sites for hydroxylation is 1. The fourth-order valence-corrected chi connectivity index (χ4v) is 2.25. The lowest BCUT2D eigenvalue weighted by atomic mass is 10.1. The van der Waals surface area contributed by atoms with Gasteiger partial charge in [0.05, 0.1) is 6.61 Å². The molecule has 0 aliphatic carbocycles. The SMILES string of the molecule is COC[C@H]1CCN(C(=O)c2cc(=O)cc(C)o2)C1. The summed E-state index contributed by atoms with van der Waals surface area (Å²) >= 11 is 0. The zero-order chi connectivity index (χ0) is 13.1. The Morgan fingerprint density at radius 3 is 3.00 bits per heavy atom. The minimum Gasteiger partial charge on any atom is -0.456 e. The number of ether oxygens (including phenoxy) is 1. The first-order valence-electron chi connectivity index (χ1n) is 6.00. The standard InChI is InChI=1S/C13H17NO4/c1-9-5-11(15)6-12(18-9)13(16)14-4-3-10(7-14)8-17-2/h5-6,10H,3-4,7-8H2,1-2H3/t10-/m0/s1. The molecule has 5 nitrogen and oxygen atoms in total. The molecule has 0 aromatic carbocycles. The Morgan fingerprint density at radius 1 is 1.56 bits per heavy atom. The van der Waals surface area contributed by atoms with E-state index < -0.39 is 0 Å². The highest BCUT2D eigenvalue weighted by Gasteiger charge is 2.28. The third-order valence-electron chi connectivity index (χ3n) is 3.08. The van der Waals surface area contributed by atoms with E-state index in [0.717, 1.165) is 6.42 Å². The first kappa shape index (κ1) is 12.8. The average Bonchev–Trinajstić information content (AvgIpc) is 2.76. The first-order valence-corrected chi connectivity index (χ1v) is 6.00. The summed E-state index contributed by atoms with van der Waals surface area (Å²) in [6, 6.07) is 2.62. The van der Waals surface area contributed by atoms with Gasteiger partial charge in [0, 0.05) is 38.2 Å². The van der Waals surface area contributed by atoms with Crippen molar-refractivity contribution in [2.45, 2.75) is 13.3 Å². The minimum absolute atomic E-state index is 0.123. The monoisotopic (exact) mass is 251 g/mol. The molecular formula is C13H17NO4. The van der Waals surface area contributed by atoms with Crippen LogP contribution in [0.15, 0.2) is 21.3 Å². The summed E-state index contributed by atoms with van der Waals surface area (Å²) in [7, 11) is 1.66. The van der Waals surface area contributed by atoms with Gasteiger partial charge in [-0.25, -0.2) is 0 Å². The van der Waals surface area contributed by atoms with Crippen LogP contribution in [0.3, 0.4) is 0 Å². The van der Waals surface area contributed by atoms with E-state index in [4.69, 9.17) is 9.15 Å². The van der Waals surface area contributed by atoms with Crippen molar-refractivity contribution >= 4 is 5.91 Å². The summed E-state index contributed by atoms with van der Waals surface area (Å²) in [5.74, 6) is 0.737. The number of nitrogens with zero attached hydrogens (tertiary/aromatic N) is 1. The maximum Gasteiger partial charge on any atom is 0.289 e. The van der Waals surface area contributed by atoms with E-state index in [9.17, 15) is 9.59 Å².